The van der Waals surface area contributed by atoms with Crippen LogP contribution in [0.25, 0.3) is 0 Å². The minimum absolute atomic E-state index is 0.151. The number of nitrogens with one attached hydrogen (secondary N) is 1. The maximum Gasteiger partial charge on any atom is 0.247 e. The maximum absolute atomic E-state index is 13.8. The average Bonchev–Trinajstić information content (AvgIpc) is 2.95. The predicted octanol–water partition coefficient (Wildman–Crippen LogP) is 4.11. The second-order valence-corrected chi connectivity index (χ2v) is 9.67. The topological polar surface area (TPSA) is 71.1 Å². The number of amides is 2. The molecular weight excluding hydrogens is 502 g/mol. The molecule has 4 rings (SSSR count). The highest BCUT2D eigenvalue weighted by atomic mass is 35.5. The van der Waals surface area contributed by atoms with Gasteiger partial charge in [-0.05, 0) is 41.0 Å². The molecule has 1 atom stereocenters. The Hall–Kier alpha value is -3.39. The van der Waals surface area contributed by atoms with Crippen molar-refractivity contribution in [2.45, 2.75) is 19.0 Å². The summed E-state index contributed by atoms with van der Waals surface area (Å²) in [5.41, 5.74) is 2.49. The van der Waals surface area contributed by atoms with Crippen LogP contribution in [-0.2, 0) is 27.3 Å². The van der Waals surface area contributed by atoms with Crippen LogP contribution in [0.2, 0.25) is 5.02 Å². The molecule has 0 aromatic heterocycles. The molecule has 1 N–H and O–H groups in total. The Morgan fingerprint density at radius 3 is 2.29 bits per heavy atom. The van der Waals surface area contributed by atoms with E-state index < -0.39 is 6.04 Å². The number of carbonyl (C=O) groups excluding carboxylic acids is 2. The second-order valence-electron chi connectivity index (χ2n) is 9.23. The number of carbonyl (C=O) groups is 2. The van der Waals surface area contributed by atoms with Crippen LogP contribution >= 0.6 is 11.6 Å². The van der Waals surface area contributed by atoms with Gasteiger partial charge in [0.15, 0.2) is 0 Å². The molecule has 3 aromatic rings. The lowest BCUT2D eigenvalue weighted by Gasteiger charge is -2.32. The van der Waals surface area contributed by atoms with Crippen molar-refractivity contribution in [3.05, 3.63) is 101 Å². The Bertz CT molecular complexity index is 1170. The lowest BCUT2D eigenvalue weighted by Crippen LogP contribution is -2.46. The zero-order valence-corrected chi connectivity index (χ0v) is 22.4. The fourth-order valence-electron chi connectivity index (χ4n) is 4.50. The summed E-state index contributed by atoms with van der Waals surface area (Å²) in [5, 5.41) is 3.70. The molecule has 3 aromatic carbocycles. The minimum atomic E-state index is -0.789. The molecule has 1 fully saturated rings. The molecule has 0 aliphatic carbocycles. The largest absolute Gasteiger partial charge is 0.497 e. The molecule has 7 nitrogen and oxygen atoms in total. The van der Waals surface area contributed by atoms with Crippen LogP contribution in [0.1, 0.15) is 22.7 Å². The summed E-state index contributed by atoms with van der Waals surface area (Å²) in [6.07, 6.45) is 0.151. The summed E-state index contributed by atoms with van der Waals surface area (Å²) in [6, 6.07) is 23.4. The maximum atomic E-state index is 13.8. The first-order chi connectivity index (χ1) is 18.5. The highest BCUT2D eigenvalue weighted by molar-refractivity contribution is 6.30. The van der Waals surface area contributed by atoms with Crippen molar-refractivity contribution in [2.24, 2.45) is 0 Å². The molecule has 8 heteroatoms. The number of nitrogens with zero attached hydrogens (tertiary/aromatic N) is 2. The van der Waals surface area contributed by atoms with Crippen LogP contribution in [0.15, 0.2) is 78.9 Å². The highest BCUT2D eigenvalue weighted by Gasteiger charge is 2.31. The van der Waals surface area contributed by atoms with E-state index in [0.717, 1.165) is 42.1 Å². The Morgan fingerprint density at radius 1 is 0.974 bits per heavy atom. The van der Waals surface area contributed by atoms with Crippen molar-refractivity contribution in [1.82, 2.24) is 15.1 Å². The standard InChI is InChI=1S/C30H34ClN3O4/c1-37-27-13-9-24(10-14-27)22-34(28(35)21-23-7-11-26(31)12-8-23)29(25-5-3-2-4-6-25)30(36)32-15-16-33-17-19-38-20-18-33/h2-14,29H,15-22H2,1H3,(H,32,36)/t29-/m1/s1. The van der Waals surface area contributed by atoms with Gasteiger partial charge in [0.05, 0.1) is 26.7 Å². The highest BCUT2D eigenvalue weighted by Crippen LogP contribution is 2.26. The Labute approximate surface area is 229 Å². The van der Waals surface area contributed by atoms with Gasteiger partial charge in [-0.3, -0.25) is 14.5 Å². The summed E-state index contributed by atoms with van der Waals surface area (Å²) < 4.78 is 10.7. The van der Waals surface area contributed by atoms with Crippen LogP contribution in [0.5, 0.6) is 5.75 Å². The first kappa shape index (κ1) is 27.6. The van der Waals surface area contributed by atoms with Crippen molar-refractivity contribution >= 4 is 23.4 Å². The average molecular weight is 536 g/mol. The van der Waals surface area contributed by atoms with Crippen LogP contribution in [0, 0.1) is 0 Å². The summed E-state index contributed by atoms with van der Waals surface area (Å²) in [4.78, 5) is 31.5. The number of methoxy groups -OCH3 is 1. The van der Waals surface area contributed by atoms with Gasteiger partial charge in [-0.25, -0.2) is 0 Å². The normalized spacial score (nSPS) is 14.5. The van der Waals surface area contributed by atoms with Crippen molar-refractivity contribution in [2.75, 3.05) is 46.5 Å². The number of hydrogen-bond acceptors (Lipinski definition) is 5. The SMILES string of the molecule is COc1ccc(CN(C(=O)Cc2ccc(Cl)cc2)[C@@H](C(=O)NCCN2CCOCC2)c2ccccc2)cc1. The van der Waals surface area contributed by atoms with Gasteiger partial charge in [0.2, 0.25) is 11.8 Å². The lowest BCUT2D eigenvalue weighted by molar-refractivity contribution is -0.141. The van der Waals surface area contributed by atoms with Gasteiger partial charge < -0.3 is 19.7 Å². The van der Waals surface area contributed by atoms with E-state index in [1.54, 1.807) is 24.1 Å². The second kappa shape index (κ2) is 14.0. The monoisotopic (exact) mass is 535 g/mol. The molecule has 0 bridgehead atoms. The smallest absolute Gasteiger partial charge is 0.247 e. The lowest BCUT2D eigenvalue weighted by atomic mass is 10.0. The van der Waals surface area contributed by atoms with Gasteiger partial charge in [-0.1, -0.05) is 66.2 Å². The van der Waals surface area contributed by atoms with Crippen molar-refractivity contribution in [1.29, 1.82) is 0 Å². The predicted molar refractivity (Wildman–Crippen MR) is 148 cm³/mol. The number of benzene rings is 3. The van der Waals surface area contributed by atoms with Crippen LogP contribution in [0.3, 0.4) is 0 Å². The van der Waals surface area contributed by atoms with Gasteiger partial charge in [-0.15, -0.1) is 0 Å². The Kier molecular flexibility index (Phi) is 10.1. The summed E-state index contributed by atoms with van der Waals surface area (Å²) in [6.45, 7) is 4.59. The van der Waals surface area contributed by atoms with Crippen molar-refractivity contribution in [3.63, 3.8) is 0 Å². The third kappa shape index (κ3) is 7.81. The molecule has 200 valence electrons. The first-order valence-electron chi connectivity index (χ1n) is 12.8. The van der Waals surface area contributed by atoms with E-state index in [2.05, 4.69) is 10.2 Å². The van der Waals surface area contributed by atoms with E-state index in [0.29, 0.717) is 24.8 Å². The summed E-state index contributed by atoms with van der Waals surface area (Å²) in [5.74, 6) is 0.371. The van der Waals surface area contributed by atoms with Crippen LogP contribution in [0.4, 0.5) is 0 Å². The first-order valence-corrected chi connectivity index (χ1v) is 13.2. The Morgan fingerprint density at radius 2 is 1.63 bits per heavy atom. The van der Waals surface area contributed by atoms with E-state index in [9.17, 15) is 9.59 Å². The third-order valence-electron chi connectivity index (χ3n) is 6.61. The fourth-order valence-corrected chi connectivity index (χ4v) is 4.62. The van der Waals surface area contributed by atoms with E-state index in [-0.39, 0.29) is 24.8 Å². The molecule has 1 heterocycles. The number of rotatable bonds is 11. The zero-order chi connectivity index (χ0) is 26.7. The molecule has 2 amide bonds. The van der Waals surface area contributed by atoms with Crippen molar-refractivity contribution < 1.29 is 19.1 Å². The molecule has 0 saturated carbocycles. The molecule has 0 unspecified atom stereocenters. The Balaban J connectivity index is 1.59. The number of hydrogen-bond donors (Lipinski definition) is 1. The minimum Gasteiger partial charge on any atom is -0.497 e. The third-order valence-corrected chi connectivity index (χ3v) is 6.86. The van der Waals surface area contributed by atoms with Gasteiger partial charge in [0, 0.05) is 37.7 Å². The number of ether oxygens (including phenoxy) is 2. The van der Waals surface area contributed by atoms with Gasteiger partial charge in [-0.2, -0.15) is 0 Å². The zero-order valence-electron chi connectivity index (χ0n) is 21.6. The molecule has 0 spiro atoms. The molecule has 1 aliphatic heterocycles. The molecule has 1 saturated heterocycles. The van der Waals surface area contributed by atoms with Crippen LogP contribution in [-0.4, -0.2) is 68.1 Å². The fraction of sp³-hybridized carbons (Fsp3) is 0.333. The summed E-state index contributed by atoms with van der Waals surface area (Å²) in [7, 11) is 1.61. The van der Waals surface area contributed by atoms with Crippen molar-refractivity contribution in [3.8, 4) is 5.75 Å². The van der Waals surface area contributed by atoms with E-state index in [1.807, 2.05) is 66.7 Å². The summed E-state index contributed by atoms with van der Waals surface area (Å²) >= 11 is 6.05. The molecule has 38 heavy (non-hydrogen) atoms. The van der Waals surface area contributed by atoms with Gasteiger partial charge >= 0.3 is 0 Å². The van der Waals surface area contributed by atoms with E-state index >= 15 is 0 Å². The number of morpholine rings is 1. The van der Waals surface area contributed by atoms with Gasteiger partial charge in [0.25, 0.3) is 0 Å². The molecule has 1 aliphatic rings. The molecular formula is C30H34ClN3O4. The van der Waals surface area contributed by atoms with E-state index in [1.165, 1.54) is 0 Å². The number of halogens is 1. The quantitative estimate of drug-likeness (QED) is 0.400. The van der Waals surface area contributed by atoms with E-state index in [4.69, 9.17) is 21.1 Å². The molecule has 0 radical (unpaired) electrons. The van der Waals surface area contributed by atoms with Gasteiger partial charge in [0.1, 0.15) is 11.8 Å². The van der Waals surface area contributed by atoms with Crippen LogP contribution < -0.4 is 10.1 Å².